The van der Waals surface area contributed by atoms with Crippen LogP contribution < -0.4 is 22.3 Å². The number of nitrogen functional groups attached to an aromatic ring is 1. The Balaban J connectivity index is 3.11. The minimum atomic E-state index is -1.12. The molecule has 1 unspecified atom stereocenters. The maximum atomic E-state index is 11.9. The molecule has 1 atom stereocenters. The number of nitrogens with zero attached hydrogens (tertiary/aromatic N) is 2. The molecule has 9 heteroatoms. The second-order valence-electron chi connectivity index (χ2n) is 4.46. The van der Waals surface area contributed by atoms with Gasteiger partial charge in [-0.1, -0.05) is 6.92 Å². The maximum absolute atomic E-state index is 11.9. The number of amides is 1. The van der Waals surface area contributed by atoms with Crippen LogP contribution in [0.5, 0.6) is 0 Å². The predicted octanol–water partition coefficient (Wildman–Crippen LogP) is -1.28. The Morgan fingerprint density at radius 3 is 2.35 bits per heavy atom. The van der Waals surface area contributed by atoms with Gasteiger partial charge >= 0.3 is 11.7 Å². The van der Waals surface area contributed by atoms with Gasteiger partial charge in [0.15, 0.2) is 0 Å². The van der Waals surface area contributed by atoms with Gasteiger partial charge in [0.25, 0.3) is 5.56 Å². The molecule has 0 fully saturated rings. The Hall–Kier alpha value is -2.58. The monoisotopic (exact) mass is 284 g/mol. The largest absolute Gasteiger partial charge is 0.481 e. The summed E-state index contributed by atoms with van der Waals surface area (Å²) in [6.07, 6.45) is -0.305. The zero-order valence-corrected chi connectivity index (χ0v) is 11.3. The highest BCUT2D eigenvalue weighted by Gasteiger charge is 2.19. The molecule has 0 spiro atoms. The number of nitrogens with one attached hydrogen (secondary N) is 1. The smallest absolute Gasteiger partial charge is 0.332 e. The van der Waals surface area contributed by atoms with Gasteiger partial charge in [0.1, 0.15) is 11.5 Å². The second-order valence-corrected chi connectivity index (χ2v) is 4.46. The van der Waals surface area contributed by atoms with E-state index in [2.05, 4.69) is 5.32 Å². The highest BCUT2D eigenvalue weighted by molar-refractivity contribution is 5.94. The lowest BCUT2D eigenvalue weighted by atomic mass is 10.1. The molecule has 1 aromatic heterocycles. The number of carbonyl (C=O) groups is 2. The van der Waals surface area contributed by atoms with Gasteiger partial charge in [-0.15, -0.1) is 0 Å². The molecule has 0 saturated carbocycles. The number of carboxylic acid groups (broad SMARTS) is 1. The lowest BCUT2D eigenvalue weighted by Crippen LogP contribution is -2.40. The van der Waals surface area contributed by atoms with E-state index >= 15 is 0 Å². The van der Waals surface area contributed by atoms with E-state index in [1.165, 1.54) is 21.0 Å². The molecule has 1 rings (SSSR count). The molecular formula is C11H16N4O5. The summed E-state index contributed by atoms with van der Waals surface area (Å²) in [5.74, 6) is -2.87. The molecule has 0 aliphatic rings. The van der Waals surface area contributed by atoms with Crippen LogP contribution in [0.15, 0.2) is 9.59 Å². The van der Waals surface area contributed by atoms with Crippen molar-refractivity contribution in [3.63, 3.8) is 0 Å². The normalized spacial score (nSPS) is 11.9. The number of rotatable bonds is 4. The number of hydrogen-bond acceptors (Lipinski definition) is 5. The minimum absolute atomic E-state index is 0.186. The van der Waals surface area contributed by atoms with Crippen molar-refractivity contribution in [1.82, 2.24) is 9.13 Å². The molecule has 1 amide bonds. The molecule has 1 aromatic rings. The maximum Gasteiger partial charge on any atom is 0.332 e. The van der Waals surface area contributed by atoms with Gasteiger partial charge in [-0.2, -0.15) is 0 Å². The Morgan fingerprint density at radius 1 is 1.30 bits per heavy atom. The van der Waals surface area contributed by atoms with Crippen molar-refractivity contribution >= 4 is 23.4 Å². The minimum Gasteiger partial charge on any atom is -0.481 e. The molecule has 0 aliphatic carbocycles. The Kier molecular flexibility index (Phi) is 4.33. The average Bonchev–Trinajstić information content (AvgIpc) is 2.39. The molecule has 110 valence electrons. The van der Waals surface area contributed by atoms with Crippen LogP contribution in [0.25, 0.3) is 0 Å². The van der Waals surface area contributed by atoms with Gasteiger partial charge in [0.2, 0.25) is 5.91 Å². The Labute approximate surface area is 113 Å². The van der Waals surface area contributed by atoms with Crippen molar-refractivity contribution in [2.45, 2.75) is 13.3 Å². The van der Waals surface area contributed by atoms with E-state index in [1.54, 1.807) is 0 Å². The molecule has 9 nitrogen and oxygen atoms in total. The third-order valence-corrected chi connectivity index (χ3v) is 2.89. The van der Waals surface area contributed by atoms with Crippen LogP contribution >= 0.6 is 0 Å². The van der Waals surface area contributed by atoms with E-state index < -0.39 is 29.0 Å². The summed E-state index contributed by atoms with van der Waals surface area (Å²) < 4.78 is 1.81. The van der Waals surface area contributed by atoms with Crippen molar-refractivity contribution in [2.75, 3.05) is 11.1 Å². The van der Waals surface area contributed by atoms with Crippen molar-refractivity contribution in [3.8, 4) is 0 Å². The van der Waals surface area contributed by atoms with E-state index in [-0.39, 0.29) is 17.9 Å². The summed E-state index contributed by atoms with van der Waals surface area (Å²) in [4.78, 5) is 45.8. The first-order valence-electron chi connectivity index (χ1n) is 5.75. The number of hydrogen-bond donors (Lipinski definition) is 3. The summed E-state index contributed by atoms with van der Waals surface area (Å²) in [7, 11) is 2.60. The lowest BCUT2D eigenvalue weighted by molar-refractivity contribution is -0.142. The highest BCUT2D eigenvalue weighted by Crippen LogP contribution is 2.11. The summed E-state index contributed by atoms with van der Waals surface area (Å²) in [5.41, 5.74) is 4.00. The zero-order valence-electron chi connectivity index (χ0n) is 11.3. The summed E-state index contributed by atoms with van der Waals surface area (Å²) in [6, 6.07) is 0. The van der Waals surface area contributed by atoms with E-state index in [0.29, 0.717) is 0 Å². The van der Waals surface area contributed by atoms with E-state index in [0.717, 1.165) is 9.13 Å². The van der Waals surface area contributed by atoms with Crippen LogP contribution in [0.3, 0.4) is 0 Å². The standard InChI is InChI=1S/C11H16N4O5/c1-5(10(18)19)4-6(16)13-7-8(12)14(2)11(20)15(3)9(7)17/h5H,4,12H2,1-3H3,(H,13,16)(H,18,19). The van der Waals surface area contributed by atoms with Crippen LogP contribution in [-0.4, -0.2) is 26.1 Å². The number of aromatic nitrogens is 2. The lowest BCUT2D eigenvalue weighted by Gasteiger charge is -2.13. The van der Waals surface area contributed by atoms with Crippen molar-refractivity contribution in [2.24, 2.45) is 20.0 Å². The number of carboxylic acids is 1. The van der Waals surface area contributed by atoms with Gasteiger partial charge in [-0.05, 0) is 0 Å². The molecule has 0 bridgehead atoms. The third kappa shape index (κ3) is 2.87. The SMILES string of the molecule is CC(CC(=O)Nc1c(N)n(C)c(=O)n(C)c1=O)C(=O)O. The first-order valence-corrected chi connectivity index (χ1v) is 5.75. The Morgan fingerprint density at radius 2 is 1.85 bits per heavy atom. The van der Waals surface area contributed by atoms with E-state index in [9.17, 15) is 19.2 Å². The van der Waals surface area contributed by atoms with Crippen molar-refractivity contribution in [1.29, 1.82) is 0 Å². The van der Waals surface area contributed by atoms with E-state index in [1.807, 2.05) is 0 Å². The van der Waals surface area contributed by atoms with Gasteiger partial charge < -0.3 is 16.2 Å². The fourth-order valence-corrected chi connectivity index (χ4v) is 1.53. The number of aliphatic carboxylic acids is 1. The van der Waals surface area contributed by atoms with Gasteiger partial charge in [0, 0.05) is 20.5 Å². The van der Waals surface area contributed by atoms with Crippen molar-refractivity contribution < 1.29 is 14.7 Å². The summed E-state index contributed by atoms with van der Waals surface area (Å²) in [5, 5.41) is 11.0. The van der Waals surface area contributed by atoms with Gasteiger partial charge in [-0.3, -0.25) is 23.5 Å². The molecule has 20 heavy (non-hydrogen) atoms. The van der Waals surface area contributed by atoms with Crippen LogP contribution in [0, 0.1) is 5.92 Å². The molecule has 0 aromatic carbocycles. The summed E-state index contributed by atoms with van der Waals surface area (Å²) in [6.45, 7) is 1.37. The number of anilines is 2. The topological polar surface area (TPSA) is 136 Å². The van der Waals surface area contributed by atoms with Crippen molar-refractivity contribution in [3.05, 3.63) is 20.8 Å². The molecule has 4 N–H and O–H groups in total. The molecule has 1 heterocycles. The molecular weight excluding hydrogens is 268 g/mol. The zero-order chi connectivity index (χ0) is 15.6. The Bertz CT molecular complexity index is 673. The molecule has 0 radical (unpaired) electrons. The van der Waals surface area contributed by atoms with Crippen LogP contribution in [0.4, 0.5) is 11.5 Å². The van der Waals surface area contributed by atoms with Crippen LogP contribution in [-0.2, 0) is 23.7 Å². The van der Waals surface area contributed by atoms with Gasteiger partial charge in [0.05, 0.1) is 5.92 Å². The predicted molar refractivity (Wildman–Crippen MR) is 71.4 cm³/mol. The molecule has 0 aliphatic heterocycles. The van der Waals surface area contributed by atoms with Crippen LogP contribution in [0.2, 0.25) is 0 Å². The van der Waals surface area contributed by atoms with E-state index in [4.69, 9.17) is 10.8 Å². The first-order chi connectivity index (χ1) is 9.16. The fourth-order valence-electron chi connectivity index (χ4n) is 1.53. The summed E-state index contributed by atoms with van der Waals surface area (Å²) >= 11 is 0. The van der Waals surface area contributed by atoms with Gasteiger partial charge in [-0.25, -0.2) is 4.79 Å². The quantitative estimate of drug-likeness (QED) is 0.629. The fraction of sp³-hybridized carbons (Fsp3) is 0.455. The average molecular weight is 284 g/mol. The molecule has 0 saturated heterocycles. The van der Waals surface area contributed by atoms with Crippen LogP contribution in [0.1, 0.15) is 13.3 Å². The third-order valence-electron chi connectivity index (χ3n) is 2.89. The number of nitrogens with two attached hydrogens (primary N) is 1. The first kappa shape index (κ1) is 15.5. The highest BCUT2D eigenvalue weighted by atomic mass is 16.4. The number of carbonyl (C=O) groups excluding carboxylic acids is 1. The second kappa shape index (κ2) is 5.59.